The van der Waals surface area contributed by atoms with Crippen LogP contribution in [-0.2, 0) is 9.59 Å². The van der Waals surface area contributed by atoms with Gasteiger partial charge in [0.05, 0.1) is 12.6 Å². The maximum Gasteiger partial charge on any atom is 0.241 e. The molecule has 0 saturated heterocycles. The van der Waals surface area contributed by atoms with Crippen molar-refractivity contribution in [2.45, 2.75) is 26.8 Å². The van der Waals surface area contributed by atoms with E-state index in [1.807, 2.05) is 56.3 Å². The van der Waals surface area contributed by atoms with Crippen molar-refractivity contribution in [3.63, 3.8) is 0 Å². The zero-order valence-electron chi connectivity index (χ0n) is 15.5. The van der Waals surface area contributed by atoms with E-state index in [2.05, 4.69) is 26.6 Å². The number of rotatable bonds is 6. The number of benzene rings is 2. The van der Waals surface area contributed by atoms with Gasteiger partial charge in [-0.3, -0.25) is 14.5 Å². The fraction of sp³-hybridized carbons (Fsp3) is 0.300. The summed E-state index contributed by atoms with van der Waals surface area (Å²) in [4.78, 5) is 26.4. The van der Waals surface area contributed by atoms with Crippen LogP contribution in [0.4, 0.5) is 11.4 Å². The van der Waals surface area contributed by atoms with Crippen molar-refractivity contribution in [3.8, 4) is 0 Å². The highest BCUT2D eigenvalue weighted by Gasteiger charge is 2.20. The molecule has 0 bridgehead atoms. The summed E-state index contributed by atoms with van der Waals surface area (Å²) in [5, 5.41) is 5.77. The average Bonchev–Trinajstić information content (AvgIpc) is 2.59. The van der Waals surface area contributed by atoms with Crippen LogP contribution in [0.1, 0.15) is 18.1 Å². The molecule has 0 heterocycles. The molecule has 2 aromatic rings. The van der Waals surface area contributed by atoms with Crippen LogP contribution in [0, 0.1) is 13.8 Å². The Morgan fingerprint density at radius 2 is 1.73 bits per heavy atom. The normalized spacial score (nSPS) is 11.9. The van der Waals surface area contributed by atoms with Gasteiger partial charge in [0, 0.05) is 15.8 Å². The Morgan fingerprint density at radius 1 is 1.08 bits per heavy atom. The molecule has 5 nitrogen and oxygen atoms in total. The third kappa shape index (κ3) is 5.68. The zero-order valence-corrected chi connectivity index (χ0v) is 17.1. The molecule has 6 heteroatoms. The molecule has 0 aromatic heterocycles. The lowest BCUT2D eigenvalue weighted by Gasteiger charge is -2.23. The molecule has 26 heavy (non-hydrogen) atoms. The number of nitrogens with zero attached hydrogens (tertiary/aromatic N) is 1. The Bertz CT molecular complexity index is 790. The maximum atomic E-state index is 12.4. The Hall–Kier alpha value is -2.18. The smallest absolute Gasteiger partial charge is 0.241 e. The van der Waals surface area contributed by atoms with Crippen LogP contribution >= 0.6 is 15.9 Å². The Balaban J connectivity index is 1.91. The summed E-state index contributed by atoms with van der Waals surface area (Å²) in [5.41, 5.74) is 3.61. The lowest BCUT2D eigenvalue weighted by atomic mass is 10.1. The van der Waals surface area contributed by atoms with Crippen LogP contribution in [0.25, 0.3) is 0 Å². The summed E-state index contributed by atoms with van der Waals surface area (Å²) in [6.07, 6.45) is 0. The number of carbonyl (C=O) groups excluding carboxylic acids is 2. The molecule has 0 aliphatic rings. The van der Waals surface area contributed by atoms with E-state index in [1.165, 1.54) is 0 Å². The minimum absolute atomic E-state index is 0.127. The first kappa shape index (κ1) is 20.1. The van der Waals surface area contributed by atoms with Gasteiger partial charge in [0.15, 0.2) is 0 Å². The quantitative estimate of drug-likeness (QED) is 0.747. The second-order valence-electron chi connectivity index (χ2n) is 6.45. The second kappa shape index (κ2) is 8.96. The number of amides is 2. The van der Waals surface area contributed by atoms with Crippen molar-refractivity contribution < 1.29 is 9.59 Å². The average molecular weight is 418 g/mol. The van der Waals surface area contributed by atoms with E-state index in [9.17, 15) is 9.59 Å². The fourth-order valence-corrected chi connectivity index (χ4v) is 2.67. The molecule has 0 spiro atoms. The third-order valence-corrected chi connectivity index (χ3v) is 4.74. The number of halogens is 1. The van der Waals surface area contributed by atoms with Crippen LogP contribution in [0.3, 0.4) is 0 Å². The molecule has 0 aliphatic carbocycles. The van der Waals surface area contributed by atoms with Gasteiger partial charge in [0.1, 0.15) is 0 Å². The molecule has 2 aromatic carbocycles. The van der Waals surface area contributed by atoms with E-state index >= 15 is 0 Å². The van der Waals surface area contributed by atoms with Gasteiger partial charge in [-0.2, -0.15) is 0 Å². The Kier molecular flexibility index (Phi) is 6.94. The van der Waals surface area contributed by atoms with Crippen molar-refractivity contribution in [1.29, 1.82) is 0 Å². The van der Waals surface area contributed by atoms with Crippen molar-refractivity contribution in [2.24, 2.45) is 0 Å². The van der Waals surface area contributed by atoms with Crippen LogP contribution in [0.5, 0.6) is 0 Å². The van der Waals surface area contributed by atoms with Crippen LogP contribution < -0.4 is 10.6 Å². The molecule has 2 amide bonds. The molecule has 0 fully saturated rings. The van der Waals surface area contributed by atoms with Gasteiger partial charge in [0.25, 0.3) is 0 Å². The lowest BCUT2D eigenvalue weighted by Crippen LogP contribution is -2.43. The summed E-state index contributed by atoms with van der Waals surface area (Å²) in [6, 6.07) is 12.8. The highest BCUT2D eigenvalue weighted by atomic mass is 79.9. The summed E-state index contributed by atoms with van der Waals surface area (Å²) in [6.45, 7) is 5.84. The highest BCUT2D eigenvalue weighted by Crippen LogP contribution is 2.17. The van der Waals surface area contributed by atoms with Crippen molar-refractivity contribution in [3.05, 3.63) is 58.1 Å². The predicted octanol–water partition coefficient (Wildman–Crippen LogP) is 3.96. The first-order valence-corrected chi connectivity index (χ1v) is 9.19. The summed E-state index contributed by atoms with van der Waals surface area (Å²) in [7, 11) is 1.76. The molecular weight excluding hydrogens is 394 g/mol. The zero-order chi connectivity index (χ0) is 19.3. The predicted molar refractivity (Wildman–Crippen MR) is 109 cm³/mol. The van der Waals surface area contributed by atoms with Crippen molar-refractivity contribution in [2.75, 3.05) is 24.2 Å². The first-order valence-electron chi connectivity index (χ1n) is 8.40. The molecule has 0 aliphatic heterocycles. The van der Waals surface area contributed by atoms with E-state index in [1.54, 1.807) is 18.9 Å². The summed E-state index contributed by atoms with van der Waals surface area (Å²) >= 11 is 3.36. The minimum Gasteiger partial charge on any atom is -0.325 e. The molecule has 2 N–H and O–H groups in total. The molecule has 2 rings (SSSR count). The highest BCUT2D eigenvalue weighted by molar-refractivity contribution is 9.10. The van der Waals surface area contributed by atoms with Crippen LogP contribution in [-0.4, -0.2) is 36.3 Å². The number of anilines is 2. The van der Waals surface area contributed by atoms with Gasteiger partial charge in [-0.1, -0.05) is 28.1 Å². The van der Waals surface area contributed by atoms with Gasteiger partial charge < -0.3 is 10.6 Å². The summed E-state index contributed by atoms with van der Waals surface area (Å²) in [5.74, 6) is -0.307. The lowest BCUT2D eigenvalue weighted by molar-refractivity contribution is -0.122. The number of aryl methyl sites for hydroxylation is 2. The minimum atomic E-state index is -0.442. The van der Waals surface area contributed by atoms with Crippen molar-refractivity contribution >= 4 is 39.1 Å². The maximum absolute atomic E-state index is 12.4. The second-order valence-corrected chi connectivity index (χ2v) is 7.37. The number of nitrogens with one attached hydrogen (secondary N) is 2. The van der Waals surface area contributed by atoms with Crippen molar-refractivity contribution in [1.82, 2.24) is 4.90 Å². The molecule has 0 saturated carbocycles. The first-order chi connectivity index (χ1) is 12.3. The molecule has 1 atom stereocenters. The molecule has 138 valence electrons. The summed E-state index contributed by atoms with van der Waals surface area (Å²) < 4.78 is 0.948. The van der Waals surface area contributed by atoms with Crippen LogP contribution in [0.2, 0.25) is 0 Å². The Morgan fingerprint density at radius 3 is 2.38 bits per heavy atom. The van der Waals surface area contributed by atoms with E-state index < -0.39 is 6.04 Å². The van der Waals surface area contributed by atoms with Crippen LogP contribution in [0.15, 0.2) is 46.9 Å². The van der Waals surface area contributed by atoms with Gasteiger partial charge in [-0.25, -0.2) is 0 Å². The fourth-order valence-electron chi connectivity index (χ4n) is 2.40. The van der Waals surface area contributed by atoms with E-state index in [4.69, 9.17) is 0 Å². The SMILES string of the molecule is Cc1ccc(C)c(NC(=O)CN(C)[C@@H](C)C(=O)Nc2ccc(Br)cc2)c1. The number of hydrogen-bond donors (Lipinski definition) is 2. The number of carbonyl (C=O) groups is 2. The van der Waals surface area contributed by atoms with Gasteiger partial charge >= 0.3 is 0 Å². The Labute approximate surface area is 162 Å². The topological polar surface area (TPSA) is 61.4 Å². The standard InChI is InChI=1S/C20H24BrN3O2/c1-13-5-6-14(2)18(11-13)23-19(25)12-24(4)15(3)20(26)22-17-9-7-16(21)8-10-17/h5-11,15H,12H2,1-4H3,(H,22,26)(H,23,25)/t15-/m0/s1. The van der Waals surface area contributed by atoms with E-state index in [0.29, 0.717) is 0 Å². The number of hydrogen-bond acceptors (Lipinski definition) is 3. The van der Waals surface area contributed by atoms with E-state index in [0.717, 1.165) is 27.0 Å². The molecule has 0 radical (unpaired) electrons. The third-order valence-electron chi connectivity index (χ3n) is 4.21. The van der Waals surface area contributed by atoms with Gasteiger partial charge in [-0.15, -0.1) is 0 Å². The monoisotopic (exact) mass is 417 g/mol. The largest absolute Gasteiger partial charge is 0.325 e. The molecular formula is C20H24BrN3O2. The van der Waals surface area contributed by atoms with E-state index in [-0.39, 0.29) is 18.4 Å². The number of likely N-dealkylation sites (N-methyl/N-ethyl adjacent to an activating group) is 1. The van der Waals surface area contributed by atoms with Gasteiger partial charge in [0.2, 0.25) is 11.8 Å². The molecule has 0 unspecified atom stereocenters. The van der Waals surface area contributed by atoms with Gasteiger partial charge in [-0.05, 0) is 69.3 Å².